The first kappa shape index (κ1) is 19.7. The molecule has 3 aliphatic heterocycles. The number of sulfonamides is 1. The smallest absolute Gasteiger partial charge is 0.289 e. The molecule has 0 aromatic heterocycles. The monoisotopic (exact) mass is 430 g/mol. The Morgan fingerprint density at radius 1 is 1.03 bits per heavy atom. The molecular formula is C21H22N2O6S. The van der Waals surface area contributed by atoms with Crippen LogP contribution in [0.1, 0.15) is 23.7 Å². The number of hydrogen-bond donors (Lipinski definition) is 1. The van der Waals surface area contributed by atoms with Crippen LogP contribution in [0.4, 0.5) is 5.69 Å². The van der Waals surface area contributed by atoms with E-state index in [-0.39, 0.29) is 11.0 Å². The van der Waals surface area contributed by atoms with E-state index >= 15 is 0 Å². The van der Waals surface area contributed by atoms with Crippen molar-refractivity contribution >= 4 is 21.6 Å². The first-order valence-electron chi connectivity index (χ1n) is 9.91. The minimum absolute atomic E-state index is 0.105. The van der Waals surface area contributed by atoms with Crippen molar-refractivity contribution in [3.63, 3.8) is 0 Å². The van der Waals surface area contributed by atoms with Crippen LogP contribution in [0, 0.1) is 0 Å². The summed E-state index contributed by atoms with van der Waals surface area (Å²) in [5, 5.41) is 2.77. The Labute approximate surface area is 174 Å². The molecule has 1 amide bonds. The normalized spacial score (nSPS) is 27.1. The lowest BCUT2D eigenvalue weighted by Crippen LogP contribution is -2.45. The molecule has 2 aromatic carbocycles. The van der Waals surface area contributed by atoms with Gasteiger partial charge in [-0.1, -0.05) is 30.3 Å². The summed E-state index contributed by atoms with van der Waals surface area (Å²) in [6.45, 7) is 1.63. The van der Waals surface area contributed by atoms with Crippen LogP contribution in [0.25, 0.3) is 0 Å². The van der Waals surface area contributed by atoms with Crippen LogP contribution in [0.2, 0.25) is 0 Å². The highest BCUT2D eigenvalue weighted by Crippen LogP contribution is 2.47. The summed E-state index contributed by atoms with van der Waals surface area (Å²) in [4.78, 5) is 13.0. The number of ether oxygens (including phenoxy) is 3. The van der Waals surface area contributed by atoms with Gasteiger partial charge in [0.25, 0.3) is 11.7 Å². The number of hydrogen-bond acceptors (Lipinski definition) is 6. The van der Waals surface area contributed by atoms with Crippen molar-refractivity contribution < 1.29 is 27.4 Å². The van der Waals surface area contributed by atoms with Gasteiger partial charge < -0.3 is 19.5 Å². The Hall–Kier alpha value is -2.30. The van der Waals surface area contributed by atoms with Crippen molar-refractivity contribution in [1.29, 1.82) is 0 Å². The number of carbonyl (C=O) groups is 1. The van der Waals surface area contributed by atoms with Crippen molar-refractivity contribution in [2.75, 3.05) is 38.2 Å². The number of rotatable bonds is 3. The Morgan fingerprint density at radius 3 is 2.57 bits per heavy atom. The summed E-state index contributed by atoms with van der Waals surface area (Å²) in [5.74, 6) is -2.11. The molecule has 30 heavy (non-hydrogen) atoms. The Bertz CT molecular complexity index is 1070. The van der Waals surface area contributed by atoms with Gasteiger partial charge in [-0.05, 0) is 23.8 Å². The number of nitrogens with zero attached hydrogens (tertiary/aromatic N) is 1. The summed E-state index contributed by atoms with van der Waals surface area (Å²) >= 11 is 0. The lowest BCUT2D eigenvalue weighted by atomic mass is 10.0. The summed E-state index contributed by atoms with van der Waals surface area (Å²) < 4.78 is 45.0. The molecule has 9 heteroatoms. The topological polar surface area (TPSA) is 94.2 Å². The first-order chi connectivity index (χ1) is 14.5. The van der Waals surface area contributed by atoms with Crippen molar-refractivity contribution in [1.82, 2.24) is 4.31 Å². The molecule has 3 heterocycles. The van der Waals surface area contributed by atoms with Gasteiger partial charge in [-0.15, -0.1) is 0 Å². The maximum absolute atomic E-state index is 13.1. The van der Waals surface area contributed by atoms with Crippen molar-refractivity contribution in [3.8, 4) is 0 Å². The fourth-order valence-corrected chi connectivity index (χ4v) is 5.53. The number of amides is 1. The van der Waals surface area contributed by atoms with E-state index in [1.807, 2.05) is 30.3 Å². The van der Waals surface area contributed by atoms with Crippen LogP contribution >= 0.6 is 0 Å². The zero-order valence-corrected chi connectivity index (χ0v) is 17.1. The summed E-state index contributed by atoms with van der Waals surface area (Å²) in [7, 11) is -3.72. The third-order valence-corrected chi connectivity index (χ3v) is 7.56. The van der Waals surface area contributed by atoms with Crippen molar-refractivity contribution in [3.05, 3.63) is 59.7 Å². The summed E-state index contributed by atoms with van der Waals surface area (Å²) in [5.41, 5.74) is 1.83. The van der Waals surface area contributed by atoms with Gasteiger partial charge in [0.05, 0.1) is 36.5 Å². The van der Waals surface area contributed by atoms with Gasteiger partial charge in [-0.3, -0.25) is 4.79 Å². The number of morpholine rings is 1. The second-order valence-corrected chi connectivity index (χ2v) is 9.39. The zero-order valence-electron chi connectivity index (χ0n) is 16.2. The SMILES string of the molecule is O=C1Nc2ccc(S(=O)(=O)N3CCOCC3)cc2[C@]12OCCC(c1ccccc1)O2. The maximum atomic E-state index is 13.1. The molecule has 1 unspecified atom stereocenters. The number of carbonyl (C=O) groups excluding carboxylic acids is 1. The van der Waals surface area contributed by atoms with Crippen LogP contribution in [0.3, 0.4) is 0 Å². The second-order valence-electron chi connectivity index (χ2n) is 7.45. The third kappa shape index (κ3) is 3.14. The molecule has 3 aliphatic rings. The fraction of sp³-hybridized carbons (Fsp3) is 0.381. The molecule has 1 N–H and O–H groups in total. The molecule has 2 fully saturated rings. The van der Waals surface area contributed by atoms with Gasteiger partial charge >= 0.3 is 0 Å². The number of fused-ring (bicyclic) bond motifs is 2. The third-order valence-electron chi connectivity index (χ3n) is 5.67. The maximum Gasteiger partial charge on any atom is 0.289 e. The quantitative estimate of drug-likeness (QED) is 0.801. The van der Waals surface area contributed by atoms with E-state index in [0.717, 1.165) is 5.56 Å². The van der Waals surface area contributed by atoms with Crippen LogP contribution in [-0.2, 0) is 34.8 Å². The van der Waals surface area contributed by atoms with Crippen LogP contribution in [0.15, 0.2) is 53.4 Å². The summed E-state index contributed by atoms with van der Waals surface area (Å²) in [6.07, 6.45) is 0.260. The highest BCUT2D eigenvalue weighted by Gasteiger charge is 2.53. The average molecular weight is 430 g/mol. The molecule has 0 aliphatic carbocycles. The predicted molar refractivity (Wildman–Crippen MR) is 107 cm³/mol. The molecule has 2 atom stereocenters. The summed E-state index contributed by atoms with van der Waals surface area (Å²) in [6, 6.07) is 14.2. The molecule has 0 saturated carbocycles. The van der Waals surface area contributed by atoms with E-state index in [1.165, 1.54) is 16.4 Å². The van der Waals surface area contributed by atoms with Gasteiger partial charge in [0.1, 0.15) is 0 Å². The van der Waals surface area contributed by atoms with E-state index in [2.05, 4.69) is 5.32 Å². The first-order valence-corrected chi connectivity index (χ1v) is 11.4. The van der Waals surface area contributed by atoms with Crippen molar-refractivity contribution in [2.24, 2.45) is 0 Å². The molecule has 1 spiro atoms. The van der Waals surface area contributed by atoms with E-state index in [9.17, 15) is 13.2 Å². The average Bonchev–Trinajstić information content (AvgIpc) is 3.05. The Morgan fingerprint density at radius 2 is 1.80 bits per heavy atom. The van der Waals surface area contributed by atoms with E-state index < -0.39 is 21.7 Å². The van der Waals surface area contributed by atoms with Crippen LogP contribution in [-0.4, -0.2) is 51.5 Å². The van der Waals surface area contributed by atoms with Crippen molar-refractivity contribution in [2.45, 2.75) is 23.2 Å². The minimum atomic E-state index is -3.72. The van der Waals surface area contributed by atoms with Gasteiger partial charge in [0.2, 0.25) is 10.0 Å². The minimum Gasteiger partial charge on any atom is -0.379 e. The Balaban J connectivity index is 1.52. The largest absolute Gasteiger partial charge is 0.379 e. The number of nitrogens with one attached hydrogen (secondary N) is 1. The van der Waals surface area contributed by atoms with Crippen LogP contribution < -0.4 is 5.32 Å². The molecule has 158 valence electrons. The molecule has 2 aromatic rings. The predicted octanol–water partition coefficient (Wildman–Crippen LogP) is 1.99. The van der Waals surface area contributed by atoms with Gasteiger partial charge in [-0.2, -0.15) is 4.31 Å². The lowest BCUT2D eigenvalue weighted by Gasteiger charge is -2.37. The lowest BCUT2D eigenvalue weighted by molar-refractivity contribution is -0.282. The molecule has 5 rings (SSSR count). The highest BCUT2D eigenvalue weighted by molar-refractivity contribution is 7.89. The molecular weight excluding hydrogens is 408 g/mol. The van der Waals surface area contributed by atoms with Gasteiger partial charge in [0, 0.05) is 25.1 Å². The van der Waals surface area contributed by atoms with Gasteiger partial charge in [-0.25, -0.2) is 8.42 Å². The zero-order chi connectivity index (χ0) is 20.8. The standard InChI is InChI=1S/C21H22N2O6S/c24-20-21(28-11-8-19(29-21)15-4-2-1-3-5-15)17-14-16(6-7-18(17)22-20)30(25,26)23-9-12-27-13-10-23/h1-7,14,19H,8-13H2,(H,22,24)/t19?,21-/m1/s1. The molecule has 0 radical (unpaired) electrons. The number of benzene rings is 2. The second kappa shape index (κ2) is 7.44. The molecule has 0 bridgehead atoms. The van der Waals surface area contributed by atoms with E-state index in [0.29, 0.717) is 50.6 Å². The fourth-order valence-electron chi connectivity index (χ4n) is 4.09. The molecule has 2 saturated heterocycles. The molecule has 8 nitrogen and oxygen atoms in total. The number of anilines is 1. The van der Waals surface area contributed by atoms with E-state index in [4.69, 9.17) is 14.2 Å². The van der Waals surface area contributed by atoms with E-state index in [1.54, 1.807) is 6.07 Å². The highest BCUT2D eigenvalue weighted by atomic mass is 32.2. The van der Waals surface area contributed by atoms with Gasteiger partial charge in [0.15, 0.2) is 0 Å². The Kier molecular flexibility index (Phi) is 4.87. The van der Waals surface area contributed by atoms with Crippen LogP contribution in [0.5, 0.6) is 0 Å².